The molecule has 1 saturated heterocycles. The van der Waals surface area contributed by atoms with Crippen LogP contribution in [0.25, 0.3) is 0 Å². The van der Waals surface area contributed by atoms with E-state index in [1.165, 1.54) is 31.6 Å². The molecule has 2 aromatic rings. The molecule has 4 nitrogen and oxygen atoms in total. The smallest absolute Gasteiger partial charge is 0.124 e. The number of nitrogens with one attached hydrogen (secondary N) is 1. The molecule has 1 fully saturated rings. The van der Waals surface area contributed by atoms with Crippen molar-refractivity contribution < 1.29 is 4.74 Å². The zero-order valence-electron chi connectivity index (χ0n) is 14.4. The molecule has 0 spiro atoms. The lowest BCUT2D eigenvalue weighted by Crippen LogP contribution is -2.26. The van der Waals surface area contributed by atoms with Crippen LogP contribution in [0.1, 0.15) is 24.5 Å². The number of hydrogen-bond acceptors (Lipinski definition) is 4. The molecule has 0 aliphatic carbocycles. The van der Waals surface area contributed by atoms with E-state index in [0.717, 1.165) is 30.3 Å². The Hall–Kier alpha value is -1.91. The second-order valence-electron chi connectivity index (χ2n) is 6.44. The molecule has 1 aliphatic rings. The van der Waals surface area contributed by atoms with E-state index in [9.17, 15) is 0 Å². The average Bonchev–Trinajstić information content (AvgIpc) is 3.10. The van der Waals surface area contributed by atoms with E-state index in [2.05, 4.69) is 34.3 Å². The van der Waals surface area contributed by atoms with Gasteiger partial charge in [-0.15, -0.1) is 0 Å². The fraction of sp³-hybridized carbons (Fsp3) is 0.450. The summed E-state index contributed by atoms with van der Waals surface area (Å²) in [5.41, 5.74) is 2.30. The minimum Gasteiger partial charge on any atom is -0.489 e. The first kappa shape index (κ1) is 16.9. The summed E-state index contributed by atoms with van der Waals surface area (Å²) in [7, 11) is 0. The van der Waals surface area contributed by atoms with Crippen LogP contribution in [0, 0.1) is 5.92 Å². The lowest BCUT2D eigenvalue weighted by Gasteiger charge is -2.15. The van der Waals surface area contributed by atoms with Gasteiger partial charge in [-0.2, -0.15) is 0 Å². The summed E-state index contributed by atoms with van der Waals surface area (Å²) < 4.78 is 5.99. The van der Waals surface area contributed by atoms with Crippen molar-refractivity contribution in [2.24, 2.45) is 5.92 Å². The monoisotopic (exact) mass is 325 g/mol. The van der Waals surface area contributed by atoms with Crippen LogP contribution in [0.5, 0.6) is 5.75 Å². The van der Waals surface area contributed by atoms with E-state index in [1.54, 1.807) is 6.20 Å². The van der Waals surface area contributed by atoms with Gasteiger partial charge in [0.1, 0.15) is 12.4 Å². The van der Waals surface area contributed by atoms with Crippen molar-refractivity contribution in [2.75, 3.05) is 26.2 Å². The molecule has 2 heterocycles. The molecule has 24 heavy (non-hydrogen) atoms. The van der Waals surface area contributed by atoms with Crippen LogP contribution >= 0.6 is 0 Å². The highest BCUT2D eigenvalue weighted by atomic mass is 16.5. The van der Waals surface area contributed by atoms with Crippen molar-refractivity contribution in [1.82, 2.24) is 15.2 Å². The Morgan fingerprint density at radius 3 is 2.96 bits per heavy atom. The van der Waals surface area contributed by atoms with E-state index in [0.29, 0.717) is 6.61 Å². The van der Waals surface area contributed by atoms with Crippen LogP contribution in [0.15, 0.2) is 48.8 Å². The summed E-state index contributed by atoms with van der Waals surface area (Å²) in [6.45, 7) is 8.36. The Morgan fingerprint density at radius 2 is 2.17 bits per heavy atom. The van der Waals surface area contributed by atoms with Gasteiger partial charge in [-0.05, 0) is 44.1 Å². The Balaban J connectivity index is 1.49. The number of likely N-dealkylation sites (tertiary alicyclic amines) is 1. The van der Waals surface area contributed by atoms with E-state index >= 15 is 0 Å². The van der Waals surface area contributed by atoms with Crippen LogP contribution in [-0.4, -0.2) is 36.1 Å². The van der Waals surface area contributed by atoms with Crippen molar-refractivity contribution >= 4 is 0 Å². The summed E-state index contributed by atoms with van der Waals surface area (Å²) in [6, 6.07) is 12.3. The second kappa shape index (κ2) is 8.81. The molecular formula is C20H27N3O. The van der Waals surface area contributed by atoms with Crippen molar-refractivity contribution in [2.45, 2.75) is 26.5 Å². The van der Waals surface area contributed by atoms with Crippen molar-refractivity contribution in [1.29, 1.82) is 0 Å². The minimum atomic E-state index is 0.555. The second-order valence-corrected chi connectivity index (χ2v) is 6.44. The summed E-state index contributed by atoms with van der Waals surface area (Å²) in [4.78, 5) is 6.65. The van der Waals surface area contributed by atoms with Gasteiger partial charge in [0.05, 0.1) is 0 Å². The largest absolute Gasteiger partial charge is 0.489 e. The molecule has 0 amide bonds. The van der Waals surface area contributed by atoms with Crippen molar-refractivity contribution in [3.63, 3.8) is 0 Å². The van der Waals surface area contributed by atoms with Crippen LogP contribution in [0.4, 0.5) is 0 Å². The zero-order valence-corrected chi connectivity index (χ0v) is 14.4. The highest BCUT2D eigenvalue weighted by molar-refractivity contribution is 5.33. The van der Waals surface area contributed by atoms with E-state index in [4.69, 9.17) is 4.74 Å². The van der Waals surface area contributed by atoms with Crippen molar-refractivity contribution in [3.8, 4) is 5.75 Å². The number of ether oxygens (including phenoxy) is 1. The van der Waals surface area contributed by atoms with Crippen LogP contribution in [0.3, 0.4) is 0 Å². The molecule has 1 atom stereocenters. The summed E-state index contributed by atoms with van der Waals surface area (Å²) in [6.07, 6.45) is 4.94. The average molecular weight is 325 g/mol. The molecule has 3 rings (SSSR count). The highest BCUT2D eigenvalue weighted by Gasteiger charge is 2.20. The molecule has 0 radical (unpaired) electrons. The fourth-order valence-electron chi connectivity index (χ4n) is 3.21. The van der Waals surface area contributed by atoms with Crippen LogP contribution in [-0.2, 0) is 13.2 Å². The topological polar surface area (TPSA) is 37.4 Å². The molecule has 4 heteroatoms. The molecule has 1 aliphatic heterocycles. The van der Waals surface area contributed by atoms with Gasteiger partial charge in [0.15, 0.2) is 0 Å². The van der Waals surface area contributed by atoms with E-state index in [-0.39, 0.29) is 0 Å². The fourth-order valence-corrected chi connectivity index (χ4v) is 3.21. The molecule has 0 bridgehead atoms. The third kappa shape index (κ3) is 4.79. The predicted molar refractivity (Wildman–Crippen MR) is 96.9 cm³/mol. The summed E-state index contributed by atoms with van der Waals surface area (Å²) in [5.74, 6) is 1.73. The van der Waals surface area contributed by atoms with Gasteiger partial charge >= 0.3 is 0 Å². The van der Waals surface area contributed by atoms with Gasteiger partial charge in [-0.3, -0.25) is 4.98 Å². The van der Waals surface area contributed by atoms with Gasteiger partial charge in [0.2, 0.25) is 0 Å². The normalized spacial score (nSPS) is 18.0. The Labute approximate surface area is 144 Å². The maximum absolute atomic E-state index is 5.99. The molecule has 1 aromatic heterocycles. The molecule has 0 saturated carbocycles. The van der Waals surface area contributed by atoms with Crippen LogP contribution < -0.4 is 10.1 Å². The van der Waals surface area contributed by atoms with Crippen molar-refractivity contribution in [3.05, 3.63) is 59.9 Å². The molecule has 0 unspecified atom stereocenters. The first-order valence-electron chi connectivity index (χ1n) is 8.88. The Morgan fingerprint density at radius 1 is 1.25 bits per heavy atom. The summed E-state index contributed by atoms with van der Waals surface area (Å²) >= 11 is 0. The lowest BCUT2D eigenvalue weighted by atomic mass is 10.1. The van der Waals surface area contributed by atoms with Gasteiger partial charge in [-0.1, -0.05) is 31.2 Å². The maximum atomic E-state index is 5.99. The van der Waals surface area contributed by atoms with Gasteiger partial charge in [-0.25, -0.2) is 0 Å². The number of aromatic nitrogens is 1. The number of hydrogen-bond donors (Lipinski definition) is 1. The third-order valence-corrected chi connectivity index (χ3v) is 4.66. The highest BCUT2D eigenvalue weighted by Crippen LogP contribution is 2.20. The molecule has 1 N–H and O–H groups in total. The minimum absolute atomic E-state index is 0.555. The number of rotatable bonds is 8. The Kier molecular flexibility index (Phi) is 6.21. The van der Waals surface area contributed by atoms with Gasteiger partial charge < -0.3 is 15.0 Å². The van der Waals surface area contributed by atoms with E-state index < -0.39 is 0 Å². The standard InChI is InChI=1S/C20H27N3O/c1-2-23-11-9-17(15-23)12-22-14-19-7-3-4-8-20(19)24-16-18-6-5-10-21-13-18/h3-8,10,13,17,22H,2,9,11-12,14-16H2,1H3/t17-/m1/s1. The molecular weight excluding hydrogens is 298 g/mol. The first-order chi connectivity index (χ1) is 11.8. The number of para-hydroxylation sites is 1. The van der Waals surface area contributed by atoms with Gasteiger partial charge in [0, 0.05) is 36.6 Å². The van der Waals surface area contributed by atoms with Gasteiger partial charge in [0.25, 0.3) is 0 Å². The number of benzene rings is 1. The SMILES string of the molecule is CCN1CC[C@H](CNCc2ccccc2OCc2cccnc2)C1. The lowest BCUT2D eigenvalue weighted by molar-refractivity contribution is 0.301. The molecule has 128 valence electrons. The summed E-state index contributed by atoms with van der Waals surface area (Å²) in [5, 5.41) is 3.61. The first-order valence-corrected chi connectivity index (χ1v) is 8.88. The predicted octanol–water partition coefficient (Wildman–Crippen LogP) is 3.09. The number of nitrogens with zero attached hydrogens (tertiary/aromatic N) is 2. The zero-order chi connectivity index (χ0) is 16.6. The molecule has 1 aromatic carbocycles. The quantitative estimate of drug-likeness (QED) is 0.809. The van der Waals surface area contributed by atoms with Crippen LogP contribution in [0.2, 0.25) is 0 Å². The Bertz CT molecular complexity index is 617. The maximum Gasteiger partial charge on any atom is 0.124 e. The van der Waals surface area contributed by atoms with E-state index in [1.807, 2.05) is 30.5 Å². The third-order valence-electron chi connectivity index (χ3n) is 4.66. The number of pyridine rings is 1.